The van der Waals surface area contributed by atoms with Crippen LogP contribution < -0.4 is 0 Å². The molecule has 0 aromatic rings. The number of nitrogens with zero attached hydrogens (tertiary/aromatic N) is 1. The Balaban J connectivity index is 3.68. The fourth-order valence-electron chi connectivity index (χ4n) is 1.51. The molecule has 17 heavy (non-hydrogen) atoms. The van der Waals surface area contributed by atoms with E-state index in [1.54, 1.807) is 0 Å². The normalized spacial score (nSPS) is 12.0. The molecular formula is C10H21ClNO4S+. The van der Waals surface area contributed by atoms with Gasteiger partial charge >= 0.3 is 0 Å². The molecule has 0 unspecified atom stereocenters. The van der Waals surface area contributed by atoms with Crippen molar-refractivity contribution in [3.05, 3.63) is 0 Å². The van der Waals surface area contributed by atoms with Gasteiger partial charge in [-0.3, -0.25) is 8.98 Å². The molecule has 0 N–H and O–H groups in total. The lowest BCUT2D eigenvalue weighted by atomic mass is 10.2. The Morgan fingerprint density at radius 3 is 2.35 bits per heavy atom. The lowest BCUT2D eigenvalue weighted by Gasteiger charge is -2.29. The topological polar surface area (TPSA) is 60.4 Å². The molecule has 5 nitrogen and oxygen atoms in total. The van der Waals surface area contributed by atoms with Crippen molar-refractivity contribution in [3.8, 4) is 0 Å². The van der Waals surface area contributed by atoms with Crippen molar-refractivity contribution < 1.29 is 21.9 Å². The van der Waals surface area contributed by atoms with Gasteiger partial charge in [0.2, 0.25) is 0 Å². The molecule has 0 spiro atoms. The van der Waals surface area contributed by atoms with Crippen LogP contribution in [0.15, 0.2) is 0 Å². The molecule has 0 rings (SSSR count). The summed E-state index contributed by atoms with van der Waals surface area (Å²) in [6.45, 7) is 1.91. The van der Waals surface area contributed by atoms with Gasteiger partial charge in [-0.25, -0.2) is 8.42 Å². The zero-order valence-electron chi connectivity index (χ0n) is 10.4. The van der Waals surface area contributed by atoms with Gasteiger partial charge in [-0.05, 0) is 0 Å². The number of hydrogen-bond acceptors (Lipinski definition) is 4. The second-order valence-corrected chi connectivity index (χ2v) is 5.54. The molecule has 0 atom stereocenters. The van der Waals surface area contributed by atoms with Gasteiger partial charge in [0, 0.05) is 19.3 Å². The van der Waals surface area contributed by atoms with Crippen LogP contribution in [0.2, 0.25) is 0 Å². The molecular weight excluding hydrogens is 266 g/mol. The Hall–Kier alpha value is -0.170. The van der Waals surface area contributed by atoms with Crippen molar-refractivity contribution in [1.29, 1.82) is 0 Å². The number of carbonyl (C=O) groups excluding carboxylic acids is 1. The zero-order valence-corrected chi connectivity index (χ0v) is 12.0. The van der Waals surface area contributed by atoms with Crippen LogP contribution in [-0.4, -0.2) is 58.4 Å². The molecule has 0 aromatic carbocycles. The Kier molecular flexibility index (Phi) is 8.77. The molecule has 0 bridgehead atoms. The van der Waals surface area contributed by atoms with Crippen LogP contribution in [0.25, 0.3) is 0 Å². The molecule has 0 aliphatic rings. The number of carbonyl (C=O) groups is 1. The first-order chi connectivity index (χ1) is 7.87. The smallest absolute Gasteiger partial charge is 0.257 e. The van der Waals surface area contributed by atoms with E-state index in [2.05, 4.69) is 4.18 Å². The highest BCUT2D eigenvalue weighted by molar-refractivity contribution is 7.67. The number of rotatable bonds is 10. The second kappa shape index (κ2) is 8.85. The van der Waals surface area contributed by atoms with E-state index in [9.17, 15) is 13.2 Å². The average molecular weight is 287 g/mol. The lowest BCUT2D eigenvalue weighted by molar-refractivity contribution is -0.890. The average Bonchev–Trinajstić information content (AvgIpc) is 2.23. The molecule has 0 aliphatic carbocycles. The van der Waals surface area contributed by atoms with E-state index in [1.165, 1.54) is 0 Å². The van der Waals surface area contributed by atoms with Gasteiger partial charge in [0.1, 0.15) is 5.78 Å². The van der Waals surface area contributed by atoms with Crippen LogP contribution in [-0.2, 0) is 20.0 Å². The fourth-order valence-corrected chi connectivity index (χ4v) is 1.93. The van der Waals surface area contributed by atoms with Gasteiger partial charge in [0.05, 0.1) is 39.7 Å². The summed E-state index contributed by atoms with van der Waals surface area (Å²) in [4.78, 5) is 11.0. The van der Waals surface area contributed by atoms with Crippen LogP contribution in [0.5, 0.6) is 0 Å². The van der Waals surface area contributed by atoms with Crippen molar-refractivity contribution in [1.82, 2.24) is 0 Å². The zero-order chi connectivity index (χ0) is 13.3. The van der Waals surface area contributed by atoms with Crippen LogP contribution in [0.1, 0.15) is 19.3 Å². The maximum absolute atomic E-state index is 11.0. The molecule has 0 radical (unpaired) electrons. The molecule has 0 saturated carbocycles. The van der Waals surface area contributed by atoms with Gasteiger partial charge in [-0.15, -0.1) is 11.6 Å². The highest BCUT2D eigenvalue weighted by Crippen LogP contribution is 2.04. The summed E-state index contributed by atoms with van der Waals surface area (Å²) in [5.74, 6) is 0.149. The number of quaternary nitrogens is 1. The van der Waals surface area contributed by atoms with Crippen molar-refractivity contribution in [2.75, 3.05) is 39.7 Å². The Morgan fingerprint density at radius 1 is 1.24 bits per heavy atom. The largest absolute Gasteiger partial charge is 0.328 e. The third-order valence-electron chi connectivity index (χ3n) is 2.47. The molecule has 7 heteroatoms. The van der Waals surface area contributed by atoms with Gasteiger partial charge in [-0.2, -0.15) is 0 Å². The van der Waals surface area contributed by atoms with E-state index in [0.717, 1.165) is 24.0 Å². The minimum absolute atomic E-state index is 0.0679. The maximum Gasteiger partial charge on any atom is 0.257 e. The van der Waals surface area contributed by atoms with Gasteiger partial charge < -0.3 is 4.48 Å². The number of hydrogen-bond donors (Lipinski definition) is 1. The molecule has 0 amide bonds. The SMILES string of the molecule is C[N+](C)(CCCO[SH](=O)=O)CCCC(=O)CCl. The van der Waals surface area contributed by atoms with Gasteiger partial charge in [0.15, 0.2) is 0 Å². The first-order valence-electron chi connectivity index (χ1n) is 5.54. The quantitative estimate of drug-likeness (QED) is 0.276. The first kappa shape index (κ1) is 16.8. The summed E-state index contributed by atoms with van der Waals surface area (Å²) < 4.78 is 25.5. The molecule has 0 heterocycles. The minimum Gasteiger partial charge on any atom is -0.328 e. The standard InChI is InChI=1S/C10H21ClNO4S/c1-12(2,6-3-5-10(13)9-11)7-4-8-16-17(14)15/h17H,3-9H2,1-2H3/q+1. The summed E-state index contributed by atoms with van der Waals surface area (Å²) >= 11 is 5.41. The summed E-state index contributed by atoms with van der Waals surface area (Å²) in [5, 5.41) is 0. The highest BCUT2D eigenvalue weighted by Gasteiger charge is 2.14. The highest BCUT2D eigenvalue weighted by atomic mass is 35.5. The Morgan fingerprint density at radius 2 is 1.82 bits per heavy atom. The van der Waals surface area contributed by atoms with Crippen LogP contribution in [0.3, 0.4) is 0 Å². The minimum atomic E-state index is -2.74. The number of Topliss-reactive ketones (excluding diaryl/α,β-unsaturated/α-hetero) is 1. The van der Waals surface area contributed by atoms with E-state index >= 15 is 0 Å². The van der Waals surface area contributed by atoms with Crippen LogP contribution >= 0.6 is 11.6 Å². The van der Waals surface area contributed by atoms with Gasteiger partial charge in [0.25, 0.3) is 11.0 Å². The summed E-state index contributed by atoms with van der Waals surface area (Å²) in [6, 6.07) is 0. The molecule has 0 aliphatic heterocycles. The molecule has 0 saturated heterocycles. The number of halogens is 1. The third kappa shape index (κ3) is 10.7. The summed E-state index contributed by atoms with van der Waals surface area (Å²) in [5.41, 5.74) is 0. The Labute approximate surface area is 109 Å². The predicted molar refractivity (Wildman–Crippen MR) is 67.7 cm³/mol. The molecule has 0 fully saturated rings. The van der Waals surface area contributed by atoms with E-state index in [0.29, 0.717) is 12.8 Å². The fraction of sp³-hybridized carbons (Fsp3) is 0.900. The van der Waals surface area contributed by atoms with Crippen LogP contribution in [0, 0.1) is 0 Å². The Bertz CT molecular complexity index is 297. The molecule has 0 aromatic heterocycles. The lowest BCUT2D eigenvalue weighted by Crippen LogP contribution is -2.41. The van der Waals surface area contributed by atoms with E-state index in [-0.39, 0.29) is 18.3 Å². The van der Waals surface area contributed by atoms with Crippen molar-refractivity contribution >= 4 is 28.4 Å². The number of ketones is 1. The van der Waals surface area contributed by atoms with Gasteiger partial charge in [-0.1, -0.05) is 0 Å². The van der Waals surface area contributed by atoms with E-state index < -0.39 is 11.0 Å². The molecule has 102 valence electrons. The summed E-state index contributed by atoms with van der Waals surface area (Å²) in [7, 11) is 1.35. The third-order valence-corrected chi connectivity index (χ3v) is 3.16. The maximum atomic E-state index is 11.0. The first-order valence-corrected chi connectivity index (χ1v) is 7.17. The van der Waals surface area contributed by atoms with E-state index in [4.69, 9.17) is 11.6 Å². The summed E-state index contributed by atoms with van der Waals surface area (Å²) in [6.07, 6.45) is 1.99. The number of thiol groups is 1. The predicted octanol–water partition coefficient (Wildman–Crippen LogP) is 0.584. The van der Waals surface area contributed by atoms with Crippen molar-refractivity contribution in [2.24, 2.45) is 0 Å². The monoisotopic (exact) mass is 286 g/mol. The number of alkyl halides is 1. The van der Waals surface area contributed by atoms with E-state index in [1.807, 2.05) is 14.1 Å². The second-order valence-electron chi connectivity index (χ2n) is 4.57. The van der Waals surface area contributed by atoms with Crippen LogP contribution in [0.4, 0.5) is 0 Å². The van der Waals surface area contributed by atoms with Crippen molar-refractivity contribution in [2.45, 2.75) is 19.3 Å². The van der Waals surface area contributed by atoms with Crippen molar-refractivity contribution in [3.63, 3.8) is 0 Å².